The van der Waals surface area contributed by atoms with Gasteiger partial charge in [0.2, 0.25) is 0 Å². The highest BCUT2D eigenvalue weighted by Crippen LogP contribution is 2.25. The van der Waals surface area contributed by atoms with Gasteiger partial charge in [-0.1, -0.05) is 24.3 Å². The number of nitrogens with zero attached hydrogens (tertiary/aromatic N) is 3. The molecule has 124 valence electrons. The molecule has 1 amide bonds. The van der Waals surface area contributed by atoms with E-state index < -0.39 is 0 Å². The van der Waals surface area contributed by atoms with Gasteiger partial charge in [-0.2, -0.15) is 0 Å². The minimum absolute atomic E-state index is 0.131. The predicted molar refractivity (Wildman–Crippen MR) is 94.0 cm³/mol. The molecule has 0 radical (unpaired) electrons. The Bertz CT molecular complexity index is 708. The second kappa shape index (κ2) is 6.73. The lowest BCUT2D eigenvalue weighted by Gasteiger charge is -2.41. The maximum atomic E-state index is 12.5. The van der Waals surface area contributed by atoms with E-state index in [0.29, 0.717) is 6.04 Å². The average Bonchev–Trinajstić information content (AvgIpc) is 2.68. The van der Waals surface area contributed by atoms with Gasteiger partial charge in [0.15, 0.2) is 0 Å². The van der Waals surface area contributed by atoms with Crippen molar-refractivity contribution in [1.82, 2.24) is 14.8 Å². The molecule has 2 aromatic rings. The van der Waals surface area contributed by atoms with Gasteiger partial charge in [-0.05, 0) is 42.5 Å². The summed E-state index contributed by atoms with van der Waals surface area (Å²) >= 11 is 0. The number of pyridine rings is 1. The minimum atomic E-state index is 0.131. The summed E-state index contributed by atoms with van der Waals surface area (Å²) in [5.74, 6) is 0.131. The highest BCUT2D eigenvalue weighted by molar-refractivity contribution is 5.94. The van der Waals surface area contributed by atoms with Crippen LogP contribution in [-0.2, 0) is 12.8 Å². The molecule has 0 spiro atoms. The molecule has 4 rings (SSSR count). The van der Waals surface area contributed by atoms with Gasteiger partial charge in [0.05, 0.1) is 0 Å². The summed E-state index contributed by atoms with van der Waals surface area (Å²) in [6, 6.07) is 13.0. The summed E-state index contributed by atoms with van der Waals surface area (Å²) in [7, 11) is 0. The molecule has 4 nitrogen and oxygen atoms in total. The highest BCUT2D eigenvalue weighted by Gasteiger charge is 2.28. The van der Waals surface area contributed by atoms with Crippen LogP contribution in [-0.4, -0.2) is 52.9 Å². The molecular formula is C20H23N3O. The van der Waals surface area contributed by atoms with Gasteiger partial charge in [-0.15, -0.1) is 0 Å². The number of aryl methyl sites for hydroxylation is 1. The number of fused-ring (bicyclic) bond motifs is 1. The number of rotatable bonds is 2. The zero-order valence-corrected chi connectivity index (χ0v) is 13.9. The van der Waals surface area contributed by atoms with Gasteiger partial charge in [-0.3, -0.25) is 14.7 Å². The molecular weight excluding hydrogens is 298 g/mol. The standard InChI is InChI=1S/C20H23N3O/c24-20(17-7-9-21-10-8-17)23-13-11-22(12-14-23)19-6-5-16-3-1-2-4-18(16)15-19/h1-4,7-10,19H,5-6,11-15H2/t19-/m1/s1. The van der Waals surface area contributed by atoms with Crippen LogP contribution in [0.25, 0.3) is 0 Å². The largest absolute Gasteiger partial charge is 0.336 e. The Balaban J connectivity index is 1.36. The summed E-state index contributed by atoms with van der Waals surface area (Å²) in [5.41, 5.74) is 3.76. The number of carbonyl (C=O) groups is 1. The maximum absolute atomic E-state index is 12.5. The van der Waals surface area contributed by atoms with Crippen molar-refractivity contribution >= 4 is 5.91 Å². The van der Waals surface area contributed by atoms with Crippen LogP contribution in [0.15, 0.2) is 48.8 Å². The number of carbonyl (C=O) groups excluding carboxylic acids is 1. The second-order valence-electron chi connectivity index (χ2n) is 6.73. The molecule has 4 heteroatoms. The number of hydrogen-bond donors (Lipinski definition) is 0. The van der Waals surface area contributed by atoms with Crippen molar-refractivity contribution in [2.75, 3.05) is 26.2 Å². The van der Waals surface area contributed by atoms with E-state index in [1.165, 1.54) is 24.0 Å². The van der Waals surface area contributed by atoms with Crippen LogP contribution in [0.3, 0.4) is 0 Å². The van der Waals surface area contributed by atoms with Crippen molar-refractivity contribution in [1.29, 1.82) is 0 Å². The van der Waals surface area contributed by atoms with Gasteiger partial charge in [0.1, 0.15) is 0 Å². The fourth-order valence-corrected chi connectivity index (χ4v) is 3.96. The summed E-state index contributed by atoms with van der Waals surface area (Å²) < 4.78 is 0. The van der Waals surface area contributed by atoms with E-state index in [4.69, 9.17) is 0 Å². The van der Waals surface area contributed by atoms with Crippen molar-refractivity contribution in [2.45, 2.75) is 25.3 Å². The molecule has 24 heavy (non-hydrogen) atoms. The molecule has 1 atom stereocenters. The molecule has 1 aromatic carbocycles. The van der Waals surface area contributed by atoms with E-state index in [2.05, 4.69) is 34.1 Å². The predicted octanol–water partition coefficient (Wildman–Crippen LogP) is 2.40. The monoisotopic (exact) mass is 321 g/mol. The molecule has 2 aliphatic rings. The quantitative estimate of drug-likeness (QED) is 0.852. The minimum Gasteiger partial charge on any atom is -0.336 e. The van der Waals surface area contributed by atoms with Crippen LogP contribution in [0, 0.1) is 0 Å². The third-order valence-electron chi connectivity index (χ3n) is 5.37. The van der Waals surface area contributed by atoms with Crippen LogP contribution >= 0.6 is 0 Å². The first-order chi connectivity index (χ1) is 11.8. The Morgan fingerprint density at radius 3 is 2.42 bits per heavy atom. The maximum Gasteiger partial charge on any atom is 0.254 e. The van der Waals surface area contributed by atoms with Crippen LogP contribution < -0.4 is 0 Å². The van der Waals surface area contributed by atoms with Crippen LogP contribution in [0.1, 0.15) is 27.9 Å². The number of hydrogen-bond acceptors (Lipinski definition) is 3. The Morgan fingerprint density at radius 1 is 0.958 bits per heavy atom. The van der Waals surface area contributed by atoms with Gasteiger partial charge in [-0.25, -0.2) is 0 Å². The van der Waals surface area contributed by atoms with E-state index >= 15 is 0 Å². The van der Waals surface area contributed by atoms with Gasteiger partial charge < -0.3 is 4.90 Å². The van der Waals surface area contributed by atoms with Crippen molar-refractivity contribution in [2.24, 2.45) is 0 Å². The number of amides is 1. The van der Waals surface area contributed by atoms with Crippen molar-refractivity contribution in [3.63, 3.8) is 0 Å². The fraction of sp³-hybridized carbons (Fsp3) is 0.400. The fourth-order valence-electron chi connectivity index (χ4n) is 3.96. The summed E-state index contributed by atoms with van der Waals surface area (Å²) in [4.78, 5) is 21.1. The number of piperazine rings is 1. The Labute approximate surface area is 143 Å². The zero-order chi connectivity index (χ0) is 16.4. The smallest absolute Gasteiger partial charge is 0.254 e. The third-order valence-corrected chi connectivity index (χ3v) is 5.37. The summed E-state index contributed by atoms with van der Waals surface area (Å²) in [6.45, 7) is 3.59. The molecule has 2 heterocycles. The van der Waals surface area contributed by atoms with E-state index in [0.717, 1.165) is 38.2 Å². The Morgan fingerprint density at radius 2 is 1.67 bits per heavy atom. The molecule has 1 aliphatic carbocycles. The topological polar surface area (TPSA) is 36.4 Å². The third kappa shape index (κ3) is 3.06. The SMILES string of the molecule is O=C(c1ccncc1)N1CCN([C@@H]2CCc3ccccc3C2)CC1. The van der Waals surface area contributed by atoms with Crippen molar-refractivity contribution in [3.05, 3.63) is 65.5 Å². The van der Waals surface area contributed by atoms with E-state index in [9.17, 15) is 4.79 Å². The Kier molecular flexibility index (Phi) is 4.30. The molecule has 1 fully saturated rings. The molecule has 0 saturated carbocycles. The number of aromatic nitrogens is 1. The van der Waals surface area contributed by atoms with E-state index in [-0.39, 0.29) is 5.91 Å². The highest BCUT2D eigenvalue weighted by atomic mass is 16.2. The average molecular weight is 321 g/mol. The summed E-state index contributed by atoms with van der Waals surface area (Å²) in [6.07, 6.45) is 6.92. The molecule has 1 saturated heterocycles. The molecule has 0 unspecified atom stereocenters. The normalized spacial score (nSPS) is 21.3. The van der Waals surface area contributed by atoms with E-state index in [1.54, 1.807) is 24.5 Å². The van der Waals surface area contributed by atoms with Crippen LogP contribution in [0.4, 0.5) is 0 Å². The number of benzene rings is 1. The van der Waals surface area contributed by atoms with Gasteiger partial charge in [0, 0.05) is 50.2 Å². The van der Waals surface area contributed by atoms with Gasteiger partial charge in [0.25, 0.3) is 5.91 Å². The first-order valence-electron chi connectivity index (χ1n) is 8.81. The summed E-state index contributed by atoms with van der Waals surface area (Å²) in [5, 5.41) is 0. The van der Waals surface area contributed by atoms with Crippen LogP contribution in [0.5, 0.6) is 0 Å². The first-order valence-corrected chi connectivity index (χ1v) is 8.81. The molecule has 1 aromatic heterocycles. The van der Waals surface area contributed by atoms with Crippen molar-refractivity contribution in [3.8, 4) is 0 Å². The molecule has 0 bridgehead atoms. The molecule has 0 N–H and O–H groups in total. The van der Waals surface area contributed by atoms with Crippen LogP contribution in [0.2, 0.25) is 0 Å². The zero-order valence-electron chi connectivity index (χ0n) is 13.9. The van der Waals surface area contributed by atoms with E-state index in [1.807, 2.05) is 4.90 Å². The van der Waals surface area contributed by atoms with Crippen molar-refractivity contribution < 1.29 is 4.79 Å². The lowest BCUT2D eigenvalue weighted by Crippen LogP contribution is -2.53. The lowest BCUT2D eigenvalue weighted by molar-refractivity contribution is 0.0553. The Hall–Kier alpha value is -2.20. The first kappa shape index (κ1) is 15.3. The van der Waals surface area contributed by atoms with Gasteiger partial charge >= 0.3 is 0 Å². The molecule has 1 aliphatic heterocycles. The second-order valence-corrected chi connectivity index (χ2v) is 6.73. The lowest BCUT2D eigenvalue weighted by atomic mass is 9.87.